The van der Waals surface area contributed by atoms with Crippen LogP contribution in [0.25, 0.3) is 0 Å². The van der Waals surface area contributed by atoms with Crippen LogP contribution in [-0.4, -0.2) is 14.5 Å². The molecular weight excluding hydrogens is 304 g/mol. The Morgan fingerprint density at radius 3 is 2.61 bits per heavy atom. The number of nitrogens with zero attached hydrogens (tertiary/aromatic N) is 3. The maximum Gasteiger partial charge on any atom is 0.130 e. The molecule has 0 saturated heterocycles. The molecule has 120 valence electrons. The van der Waals surface area contributed by atoms with Crippen LogP contribution >= 0.6 is 11.3 Å². The Balaban J connectivity index is 1.80. The van der Waals surface area contributed by atoms with Gasteiger partial charge < -0.3 is 4.57 Å². The predicted octanol–water partition coefficient (Wildman–Crippen LogP) is 3.88. The largest absolute Gasteiger partial charge is 0.336 e. The van der Waals surface area contributed by atoms with E-state index >= 15 is 0 Å². The topological polar surface area (TPSA) is 42.7 Å². The zero-order valence-electron chi connectivity index (χ0n) is 13.7. The number of benzene rings is 1. The van der Waals surface area contributed by atoms with Crippen LogP contribution < -0.4 is 5.32 Å². The molecule has 0 aliphatic rings. The fourth-order valence-electron chi connectivity index (χ4n) is 2.53. The zero-order valence-corrected chi connectivity index (χ0v) is 14.5. The molecule has 1 aromatic carbocycles. The van der Waals surface area contributed by atoms with Crippen LogP contribution in [0.5, 0.6) is 0 Å². The van der Waals surface area contributed by atoms with Crippen molar-refractivity contribution in [1.29, 1.82) is 0 Å². The monoisotopic (exact) mass is 326 g/mol. The lowest BCUT2D eigenvalue weighted by Crippen LogP contribution is -2.25. The Hall–Kier alpha value is -1.98. The van der Waals surface area contributed by atoms with Crippen molar-refractivity contribution in [3.05, 3.63) is 70.2 Å². The number of hydrogen-bond donors (Lipinski definition) is 1. The molecule has 0 saturated carbocycles. The first kappa shape index (κ1) is 15.9. The highest BCUT2D eigenvalue weighted by Gasteiger charge is 2.18. The van der Waals surface area contributed by atoms with E-state index in [-0.39, 0.29) is 6.04 Å². The lowest BCUT2D eigenvalue weighted by Gasteiger charge is -2.18. The van der Waals surface area contributed by atoms with Crippen molar-refractivity contribution in [3.63, 3.8) is 0 Å². The van der Waals surface area contributed by atoms with Gasteiger partial charge in [0.1, 0.15) is 5.82 Å². The van der Waals surface area contributed by atoms with E-state index in [1.165, 1.54) is 10.6 Å². The molecular formula is C18H22N4S. The van der Waals surface area contributed by atoms with Crippen LogP contribution in [0.3, 0.4) is 0 Å². The maximum atomic E-state index is 4.71. The van der Waals surface area contributed by atoms with E-state index in [0.29, 0.717) is 5.92 Å². The van der Waals surface area contributed by atoms with Crippen LogP contribution in [0.15, 0.2) is 48.1 Å². The van der Waals surface area contributed by atoms with Crippen molar-refractivity contribution in [2.75, 3.05) is 0 Å². The molecule has 3 aromatic rings. The number of thiazole rings is 1. The summed E-state index contributed by atoms with van der Waals surface area (Å²) in [6.45, 7) is 5.09. The first-order chi connectivity index (χ1) is 11.1. The smallest absolute Gasteiger partial charge is 0.130 e. The Labute approximate surface area is 141 Å². The molecule has 0 radical (unpaired) electrons. The highest BCUT2D eigenvalue weighted by Crippen LogP contribution is 2.22. The summed E-state index contributed by atoms with van der Waals surface area (Å²) >= 11 is 1.73. The summed E-state index contributed by atoms with van der Waals surface area (Å²) in [6.07, 6.45) is 3.82. The second-order valence-electron chi connectivity index (χ2n) is 5.95. The molecule has 0 spiro atoms. The second-order valence-corrected chi connectivity index (χ2v) is 6.84. The Bertz CT molecular complexity index is 745. The number of rotatable bonds is 6. The minimum absolute atomic E-state index is 0.0559. The molecule has 3 rings (SSSR count). The van der Waals surface area contributed by atoms with E-state index in [2.05, 4.69) is 58.4 Å². The third kappa shape index (κ3) is 3.68. The third-order valence-electron chi connectivity index (χ3n) is 3.80. The Kier molecular flexibility index (Phi) is 4.88. The summed E-state index contributed by atoms with van der Waals surface area (Å²) in [6, 6.07) is 10.5. The second kappa shape index (κ2) is 7.06. The van der Waals surface area contributed by atoms with Gasteiger partial charge in [0.05, 0.1) is 16.7 Å². The van der Waals surface area contributed by atoms with E-state index < -0.39 is 0 Å². The van der Waals surface area contributed by atoms with Gasteiger partial charge in [-0.25, -0.2) is 9.97 Å². The maximum absolute atomic E-state index is 4.71. The lowest BCUT2D eigenvalue weighted by atomic mass is 10.1. The molecule has 0 amide bonds. The van der Waals surface area contributed by atoms with Crippen molar-refractivity contribution in [3.8, 4) is 0 Å². The minimum atomic E-state index is 0.0559. The molecule has 0 fully saturated rings. The van der Waals surface area contributed by atoms with E-state index in [4.69, 9.17) is 4.98 Å². The van der Waals surface area contributed by atoms with Gasteiger partial charge in [-0.1, -0.05) is 44.2 Å². The fourth-order valence-corrected chi connectivity index (χ4v) is 3.37. The minimum Gasteiger partial charge on any atom is -0.336 e. The number of aromatic nitrogens is 3. The standard InChI is InChI=1S/C18H22N4S/c1-13(2)18-21-15(12-23-18)11-20-16(14-7-5-4-6-8-14)17-19-9-10-22(17)3/h4-10,12-13,16,20H,11H2,1-3H3. The van der Waals surface area contributed by atoms with Crippen molar-refractivity contribution in [2.24, 2.45) is 7.05 Å². The fraction of sp³-hybridized carbons (Fsp3) is 0.333. The first-order valence-electron chi connectivity index (χ1n) is 7.85. The van der Waals surface area contributed by atoms with Crippen LogP contribution in [0.2, 0.25) is 0 Å². The van der Waals surface area contributed by atoms with E-state index in [1.54, 1.807) is 11.3 Å². The first-order valence-corrected chi connectivity index (χ1v) is 8.73. The Morgan fingerprint density at radius 1 is 1.22 bits per heavy atom. The molecule has 2 aromatic heterocycles. The molecule has 1 N–H and O–H groups in total. The highest BCUT2D eigenvalue weighted by molar-refractivity contribution is 7.09. The van der Waals surface area contributed by atoms with E-state index in [0.717, 1.165) is 18.1 Å². The van der Waals surface area contributed by atoms with Crippen LogP contribution in [0.4, 0.5) is 0 Å². The van der Waals surface area contributed by atoms with Crippen molar-refractivity contribution in [2.45, 2.75) is 32.4 Å². The van der Waals surface area contributed by atoms with Crippen LogP contribution in [0.1, 0.15) is 47.9 Å². The lowest BCUT2D eigenvalue weighted by molar-refractivity contribution is 0.553. The van der Waals surface area contributed by atoms with Gasteiger partial charge in [0.2, 0.25) is 0 Å². The summed E-state index contributed by atoms with van der Waals surface area (Å²) in [7, 11) is 2.03. The summed E-state index contributed by atoms with van der Waals surface area (Å²) in [5.74, 6) is 1.49. The summed E-state index contributed by atoms with van der Waals surface area (Å²) in [5, 5.41) is 6.94. The summed E-state index contributed by atoms with van der Waals surface area (Å²) in [5.41, 5.74) is 2.30. The van der Waals surface area contributed by atoms with Gasteiger partial charge >= 0.3 is 0 Å². The molecule has 1 unspecified atom stereocenters. The normalized spacial score (nSPS) is 12.7. The van der Waals surface area contributed by atoms with Crippen molar-refractivity contribution >= 4 is 11.3 Å². The highest BCUT2D eigenvalue weighted by atomic mass is 32.1. The van der Waals surface area contributed by atoms with Gasteiger partial charge in [-0.3, -0.25) is 5.32 Å². The molecule has 0 aliphatic carbocycles. The van der Waals surface area contributed by atoms with Crippen LogP contribution in [0, 0.1) is 0 Å². The molecule has 0 bridgehead atoms. The van der Waals surface area contributed by atoms with Gasteiger partial charge in [-0.05, 0) is 5.56 Å². The molecule has 5 heteroatoms. The van der Waals surface area contributed by atoms with Gasteiger partial charge in [0, 0.05) is 37.3 Å². The average Bonchev–Trinajstić information content (AvgIpc) is 3.19. The van der Waals surface area contributed by atoms with Gasteiger partial charge in [-0.15, -0.1) is 11.3 Å². The zero-order chi connectivity index (χ0) is 16.2. The van der Waals surface area contributed by atoms with Gasteiger partial charge in [0.25, 0.3) is 0 Å². The van der Waals surface area contributed by atoms with Gasteiger partial charge in [-0.2, -0.15) is 0 Å². The molecule has 4 nitrogen and oxygen atoms in total. The van der Waals surface area contributed by atoms with E-state index in [9.17, 15) is 0 Å². The molecule has 2 heterocycles. The molecule has 23 heavy (non-hydrogen) atoms. The van der Waals surface area contributed by atoms with Gasteiger partial charge in [0.15, 0.2) is 0 Å². The van der Waals surface area contributed by atoms with Crippen molar-refractivity contribution in [1.82, 2.24) is 19.9 Å². The predicted molar refractivity (Wildman–Crippen MR) is 94.5 cm³/mol. The third-order valence-corrected chi connectivity index (χ3v) is 4.99. The number of imidazole rings is 1. The SMILES string of the molecule is CC(C)c1nc(CNC(c2ccccc2)c2nccn2C)cs1. The quantitative estimate of drug-likeness (QED) is 0.747. The van der Waals surface area contributed by atoms with Crippen molar-refractivity contribution < 1.29 is 0 Å². The number of aryl methyl sites for hydroxylation is 1. The molecule has 0 aliphatic heterocycles. The number of hydrogen-bond acceptors (Lipinski definition) is 4. The molecule has 1 atom stereocenters. The Morgan fingerprint density at radius 2 is 2.00 bits per heavy atom. The summed E-state index contributed by atoms with van der Waals surface area (Å²) < 4.78 is 2.06. The van der Waals surface area contributed by atoms with E-state index in [1.807, 2.05) is 25.5 Å². The summed E-state index contributed by atoms with van der Waals surface area (Å²) in [4.78, 5) is 9.23. The number of nitrogens with one attached hydrogen (secondary N) is 1. The average molecular weight is 326 g/mol. The van der Waals surface area contributed by atoms with Crippen LogP contribution in [-0.2, 0) is 13.6 Å².